The highest BCUT2D eigenvalue weighted by atomic mass is 14.9. The van der Waals surface area contributed by atoms with Gasteiger partial charge in [-0.3, -0.25) is 4.98 Å². The van der Waals surface area contributed by atoms with E-state index < -0.39 is 0 Å². The molecule has 0 spiro atoms. The van der Waals surface area contributed by atoms with Crippen LogP contribution in [0.5, 0.6) is 0 Å². The minimum atomic E-state index is 0.470. The van der Waals surface area contributed by atoms with E-state index in [1.807, 2.05) is 12.1 Å². The molecule has 0 aliphatic heterocycles. The van der Waals surface area contributed by atoms with E-state index in [9.17, 15) is 0 Å². The Hall–Kier alpha value is -2.85. The van der Waals surface area contributed by atoms with E-state index in [-0.39, 0.29) is 0 Å². The first-order chi connectivity index (χ1) is 8.85. The van der Waals surface area contributed by atoms with Crippen LogP contribution in [-0.4, -0.2) is 4.98 Å². The van der Waals surface area contributed by atoms with Crippen LogP contribution in [0, 0.1) is 22.7 Å². The van der Waals surface area contributed by atoms with E-state index in [2.05, 4.69) is 22.4 Å². The molecule has 18 heavy (non-hydrogen) atoms. The van der Waals surface area contributed by atoms with Crippen LogP contribution in [0.2, 0.25) is 0 Å². The number of nitriles is 2. The Balaban J connectivity index is 2.25. The van der Waals surface area contributed by atoms with Gasteiger partial charge in [0.15, 0.2) is 0 Å². The van der Waals surface area contributed by atoms with Gasteiger partial charge in [0.1, 0.15) is 12.1 Å². The summed E-state index contributed by atoms with van der Waals surface area (Å²) in [6, 6.07) is 13.0. The summed E-state index contributed by atoms with van der Waals surface area (Å²) in [6.45, 7) is 0.529. The molecular formula is C14H10N4. The molecule has 0 fully saturated rings. The summed E-state index contributed by atoms with van der Waals surface area (Å²) < 4.78 is 0. The number of rotatable bonds is 3. The Kier molecular flexibility index (Phi) is 3.53. The Morgan fingerprint density at radius 2 is 1.78 bits per heavy atom. The number of aromatic nitrogens is 1. The fourth-order valence-electron chi connectivity index (χ4n) is 1.62. The van der Waals surface area contributed by atoms with Crippen LogP contribution < -0.4 is 5.32 Å². The van der Waals surface area contributed by atoms with E-state index in [4.69, 9.17) is 10.5 Å². The summed E-state index contributed by atoms with van der Waals surface area (Å²) in [4.78, 5) is 4.01. The first-order valence-electron chi connectivity index (χ1n) is 5.41. The van der Waals surface area contributed by atoms with Crippen molar-refractivity contribution in [1.82, 2.24) is 4.98 Å². The first-order valence-corrected chi connectivity index (χ1v) is 5.41. The van der Waals surface area contributed by atoms with Crippen molar-refractivity contribution in [1.29, 1.82) is 10.5 Å². The second kappa shape index (κ2) is 5.47. The topological polar surface area (TPSA) is 72.5 Å². The number of para-hydroxylation sites is 1. The van der Waals surface area contributed by atoms with Gasteiger partial charge in [0.05, 0.1) is 16.8 Å². The molecule has 0 amide bonds. The van der Waals surface area contributed by atoms with Crippen molar-refractivity contribution < 1.29 is 0 Å². The monoisotopic (exact) mass is 234 g/mol. The average molecular weight is 234 g/mol. The van der Waals surface area contributed by atoms with Crippen LogP contribution in [0.4, 0.5) is 5.69 Å². The normalized spacial score (nSPS) is 9.22. The Morgan fingerprint density at radius 3 is 2.33 bits per heavy atom. The molecule has 1 N–H and O–H groups in total. The molecule has 0 bridgehead atoms. The molecule has 4 nitrogen and oxygen atoms in total. The number of nitrogens with zero attached hydrogens (tertiary/aromatic N) is 3. The van der Waals surface area contributed by atoms with Crippen molar-refractivity contribution in [2.45, 2.75) is 6.54 Å². The lowest BCUT2D eigenvalue weighted by atomic mass is 10.1. The molecule has 4 heteroatoms. The standard InChI is InChI=1S/C14H10N4/c15-7-12-4-1-5-13(8-16)14(12)18-10-11-3-2-6-17-9-11/h1-6,9,18H,10H2. The van der Waals surface area contributed by atoms with E-state index in [1.54, 1.807) is 30.6 Å². The van der Waals surface area contributed by atoms with Crippen LogP contribution in [0.25, 0.3) is 0 Å². The SMILES string of the molecule is N#Cc1cccc(C#N)c1NCc1cccnc1. The Bertz CT molecular complexity index is 588. The summed E-state index contributed by atoms with van der Waals surface area (Å²) in [5.41, 5.74) is 2.51. The molecule has 0 atom stereocenters. The predicted octanol–water partition coefficient (Wildman–Crippen LogP) is 2.44. The lowest BCUT2D eigenvalue weighted by molar-refractivity contribution is 1.11. The highest BCUT2D eigenvalue weighted by Gasteiger charge is 2.07. The van der Waals surface area contributed by atoms with E-state index in [0.717, 1.165) is 5.56 Å². The predicted molar refractivity (Wildman–Crippen MR) is 67.4 cm³/mol. The lowest BCUT2D eigenvalue weighted by Crippen LogP contribution is -2.03. The molecule has 0 unspecified atom stereocenters. The summed E-state index contributed by atoms with van der Waals surface area (Å²) in [5, 5.41) is 21.2. The molecule has 0 saturated heterocycles. The first kappa shape index (κ1) is 11.6. The third-order valence-corrected chi connectivity index (χ3v) is 2.50. The van der Waals surface area contributed by atoms with Gasteiger partial charge in [0.25, 0.3) is 0 Å². The average Bonchev–Trinajstić information content (AvgIpc) is 2.45. The van der Waals surface area contributed by atoms with Crippen LogP contribution in [0.15, 0.2) is 42.7 Å². The largest absolute Gasteiger partial charge is 0.379 e. The molecule has 86 valence electrons. The minimum Gasteiger partial charge on any atom is -0.379 e. The zero-order valence-corrected chi connectivity index (χ0v) is 9.59. The van der Waals surface area contributed by atoms with Crippen LogP contribution in [0.3, 0.4) is 0 Å². The fourth-order valence-corrected chi connectivity index (χ4v) is 1.62. The van der Waals surface area contributed by atoms with E-state index >= 15 is 0 Å². The summed E-state index contributed by atoms with van der Waals surface area (Å²) in [5.74, 6) is 0. The number of hydrogen-bond acceptors (Lipinski definition) is 4. The maximum absolute atomic E-state index is 9.02. The van der Waals surface area contributed by atoms with Crippen molar-refractivity contribution in [3.8, 4) is 12.1 Å². The van der Waals surface area contributed by atoms with Gasteiger partial charge in [-0.1, -0.05) is 12.1 Å². The van der Waals surface area contributed by atoms with Crippen molar-refractivity contribution in [2.75, 3.05) is 5.32 Å². The van der Waals surface area contributed by atoms with Gasteiger partial charge < -0.3 is 5.32 Å². The van der Waals surface area contributed by atoms with Gasteiger partial charge >= 0.3 is 0 Å². The quantitative estimate of drug-likeness (QED) is 0.885. The molecule has 1 aromatic heterocycles. The van der Waals surface area contributed by atoms with Gasteiger partial charge in [0.2, 0.25) is 0 Å². The maximum atomic E-state index is 9.02. The van der Waals surface area contributed by atoms with Gasteiger partial charge in [-0.05, 0) is 23.8 Å². The van der Waals surface area contributed by atoms with Gasteiger partial charge in [-0.25, -0.2) is 0 Å². The molecule has 0 aliphatic rings. The molecule has 0 radical (unpaired) electrons. The highest BCUT2D eigenvalue weighted by molar-refractivity contribution is 5.66. The second-order valence-corrected chi connectivity index (χ2v) is 3.67. The van der Waals surface area contributed by atoms with E-state index in [1.165, 1.54) is 0 Å². The van der Waals surface area contributed by atoms with Gasteiger partial charge in [-0.2, -0.15) is 10.5 Å². The molecule has 0 saturated carbocycles. The lowest BCUT2D eigenvalue weighted by Gasteiger charge is -2.09. The van der Waals surface area contributed by atoms with Crippen molar-refractivity contribution in [2.24, 2.45) is 0 Å². The molecule has 2 rings (SSSR count). The third-order valence-electron chi connectivity index (χ3n) is 2.50. The molecule has 2 aromatic rings. The molecule has 0 aliphatic carbocycles. The summed E-state index contributed by atoms with van der Waals surface area (Å²) >= 11 is 0. The van der Waals surface area contributed by atoms with E-state index in [0.29, 0.717) is 23.4 Å². The zero-order valence-electron chi connectivity index (χ0n) is 9.59. The van der Waals surface area contributed by atoms with Crippen LogP contribution in [-0.2, 0) is 6.54 Å². The van der Waals surface area contributed by atoms with Gasteiger partial charge in [0, 0.05) is 18.9 Å². The van der Waals surface area contributed by atoms with Crippen molar-refractivity contribution in [3.05, 3.63) is 59.4 Å². The summed E-state index contributed by atoms with van der Waals surface area (Å²) in [6.07, 6.45) is 3.45. The molecule has 1 heterocycles. The van der Waals surface area contributed by atoms with Crippen LogP contribution >= 0.6 is 0 Å². The summed E-state index contributed by atoms with van der Waals surface area (Å²) in [7, 11) is 0. The number of nitrogens with one attached hydrogen (secondary N) is 1. The number of pyridine rings is 1. The molecular weight excluding hydrogens is 224 g/mol. The smallest absolute Gasteiger partial charge is 0.101 e. The Morgan fingerprint density at radius 1 is 1.06 bits per heavy atom. The highest BCUT2D eigenvalue weighted by Crippen LogP contribution is 2.20. The van der Waals surface area contributed by atoms with Gasteiger partial charge in [-0.15, -0.1) is 0 Å². The Labute approximate surface area is 105 Å². The minimum absolute atomic E-state index is 0.470. The second-order valence-electron chi connectivity index (χ2n) is 3.67. The maximum Gasteiger partial charge on any atom is 0.101 e. The van der Waals surface area contributed by atoms with Crippen molar-refractivity contribution in [3.63, 3.8) is 0 Å². The number of benzene rings is 1. The van der Waals surface area contributed by atoms with Crippen molar-refractivity contribution >= 4 is 5.69 Å². The fraction of sp³-hybridized carbons (Fsp3) is 0.0714. The number of hydrogen-bond donors (Lipinski definition) is 1. The molecule has 1 aromatic carbocycles. The zero-order chi connectivity index (χ0) is 12.8. The third kappa shape index (κ3) is 2.45. The van der Waals surface area contributed by atoms with Crippen LogP contribution in [0.1, 0.15) is 16.7 Å². The number of anilines is 1.